The molecule has 0 aromatic rings. The lowest BCUT2D eigenvalue weighted by Gasteiger charge is -2.62. The molecule has 4 aliphatic carbocycles. The average Bonchev–Trinajstić information content (AvgIpc) is 2.72. The van der Waals surface area contributed by atoms with Gasteiger partial charge in [0.05, 0.1) is 5.60 Å². The fourth-order valence-corrected chi connectivity index (χ4v) is 6.98. The third kappa shape index (κ3) is 1.71. The summed E-state index contributed by atoms with van der Waals surface area (Å²) in [5.41, 5.74) is -3.94. The number of hydrogen-bond donors (Lipinski definition) is 1. The highest BCUT2D eigenvalue weighted by Crippen LogP contribution is 2.69. The minimum absolute atomic E-state index is 0.00443. The third-order valence-electron chi connectivity index (χ3n) is 8.88. The van der Waals surface area contributed by atoms with Crippen LogP contribution in [0.5, 0.6) is 0 Å². The second-order valence-electron chi connectivity index (χ2n) is 9.69. The van der Waals surface area contributed by atoms with Crippen molar-refractivity contribution in [2.45, 2.75) is 83.4 Å². The molecule has 4 aliphatic rings. The van der Waals surface area contributed by atoms with Crippen LogP contribution in [0.1, 0.15) is 72.1 Å². The molecule has 0 amide bonds. The monoisotopic (exact) mass is 336 g/mol. The van der Waals surface area contributed by atoms with E-state index in [0.29, 0.717) is 32.1 Å². The molecule has 0 spiro atoms. The van der Waals surface area contributed by atoms with Gasteiger partial charge in [0, 0.05) is 36.0 Å². The number of aliphatic hydroxyl groups is 1. The fourth-order valence-electron chi connectivity index (χ4n) is 6.98. The topological polar surface area (TPSA) is 54.4 Å². The molecule has 0 aromatic heterocycles. The van der Waals surface area contributed by atoms with Crippen LogP contribution in [0.4, 0.5) is 4.39 Å². The van der Waals surface area contributed by atoms with E-state index >= 15 is 4.39 Å². The Hall–Kier alpha value is -0.770. The number of rotatable bonds is 0. The molecular weight excluding hydrogens is 307 g/mol. The zero-order chi connectivity index (χ0) is 17.5. The number of halogens is 1. The molecule has 24 heavy (non-hydrogen) atoms. The van der Waals surface area contributed by atoms with Gasteiger partial charge in [-0.25, -0.2) is 4.39 Å². The normalized spacial score (nSPS) is 57.3. The maximum absolute atomic E-state index is 16.6. The molecule has 7 atom stereocenters. The maximum Gasteiger partial charge on any atom is 0.177 e. The van der Waals surface area contributed by atoms with Crippen LogP contribution >= 0.6 is 0 Å². The van der Waals surface area contributed by atoms with Gasteiger partial charge in [-0.2, -0.15) is 0 Å². The van der Waals surface area contributed by atoms with Crippen molar-refractivity contribution < 1.29 is 19.1 Å². The molecule has 0 radical (unpaired) electrons. The number of carbonyl (C=O) groups is 2. The Labute approximate surface area is 143 Å². The molecule has 0 aliphatic heterocycles. The quantitative estimate of drug-likeness (QED) is 0.735. The van der Waals surface area contributed by atoms with Gasteiger partial charge < -0.3 is 5.11 Å². The standard InChI is InChI=1S/C20H29FO3/c1-17-8-6-13(22)10-12(17)4-5-15-14-7-9-19(3,24)18(14,2)11-16(23)20(15,17)21/h12,14-15,24H,4-11H2,1-3H3/t12-,14-,15+,17-,18+,19-,20-/m1/s1. The SMILES string of the molecule is C[C@]12CC(=O)[C@]3(F)[C@@H](CC[C@@H]4CC(=O)CC[C@]43C)[C@H]1CC[C@@]2(C)O. The average molecular weight is 336 g/mol. The Morgan fingerprint density at radius 3 is 2.42 bits per heavy atom. The summed E-state index contributed by atoms with van der Waals surface area (Å²) in [5, 5.41) is 10.9. The Morgan fingerprint density at radius 1 is 1.00 bits per heavy atom. The largest absolute Gasteiger partial charge is 0.390 e. The van der Waals surface area contributed by atoms with Gasteiger partial charge in [-0.3, -0.25) is 9.59 Å². The Morgan fingerprint density at radius 2 is 1.71 bits per heavy atom. The zero-order valence-electron chi connectivity index (χ0n) is 15.0. The van der Waals surface area contributed by atoms with Gasteiger partial charge in [-0.1, -0.05) is 13.8 Å². The maximum atomic E-state index is 16.6. The van der Waals surface area contributed by atoms with Gasteiger partial charge >= 0.3 is 0 Å². The van der Waals surface area contributed by atoms with Gasteiger partial charge in [-0.15, -0.1) is 0 Å². The van der Waals surface area contributed by atoms with Crippen LogP contribution in [0.25, 0.3) is 0 Å². The number of carbonyl (C=O) groups excluding carboxylic acids is 2. The van der Waals surface area contributed by atoms with E-state index in [-0.39, 0.29) is 35.7 Å². The minimum atomic E-state index is -1.82. The first-order valence-electron chi connectivity index (χ1n) is 9.52. The fraction of sp³-hybridized carbons (Fsp3) is 0.900. The van der Waals surface area contributed by atoms with Gasteiger partial charge in [0.25, 0.3) is 0 Å². The smallest absolute Gasteiger partial charge is 0.177 e. The highest BCUT2D eigenvalue weighted by molar-refractivity contribution is 5.91. The molecular formula is C20H29FO3. The summed E-state index contributed by atoms with van der Waals surface area (Å²) in [6.45, 7) is 5.73. The van der Waals surface area contributed by atoms with Crippen molar-refractivity contribution in [1.82, 2.24) is 0 Å². The van der Waals surface area contributed by atoms with E-state index < -0.39 is 22.1 Å². The van der Waals surface area contributed by atoms with E-state index in [2.05, 4.69) is 0 Å². The number of Topliss-reactive ketones (excluding diaryl/α,β-unsaturated/α-hetero) is 2. The number of alkyl halides is 1. The van der Waals surface area contributed by atoms with Crippen LogP contribution in [0.15, 0.2) is 0 Å². The molecule has 0 aromatic carbocycles. The summed E-state index contributed by atoms with van der Waals surface area (Å²) in [6, 6.07) is 0. The van der Waals surface area contributed by atoms with Crippen molar-refractivity contribution >= 4 is 11.6 Å². The minimum Gasteiger partial charge on any atom is -0.390 e. The molecule has 0 unspecified atom stereocenters. The molecule has 0 saturated heterocycles. The lowest BCUT2D eigenvalue weighted by molar-refractivity contribution is -0.205. The van der Waals surface area contributed by atoms with Crippen LogP contribution in [0, 0.1) is 28.6 Å². The van der Waals surface area contributed by atoms with Crippen LogP contribution in [-0.2, 0) is 9.59 Å². The second kappa shape index (κ2) is 4.69. The summed E-state index contributed by atoms with van der Waals surface area (Å²) >= 11 is 0. The summed E-state index contributed by atoms with van der Waals surface area (Å²) in [6.07, 6.45) is 4.41. The first-order valence-corrected chi connectivity index (χ1v) is 9.52. The summed E-state index contributed by atoms with van der Waals surface area (Å²) < 4.78 is 16.6. The van der Waals surface area contributed by atoms with E-state index in [0.717, 1.165) is 12.8 Å². The lowest BCUT2D eigenvalue weighted by Crippen LogP contribution is -2.68. The van der Waals surface area contributed by atoms with E-state index in [1.807, 2.05) is 20.8 Å². The van der Waals surface area contributed by atoms with E-state index in [1.165, 1.54) is 0 Å². The second-order valence-corrected chi connectivity index (χ2v) is 9.69. The van der Waals surface area contributed by atoms with Crippen molar-refractivity contribution in [3.8, 4) is 0 Å². The highest BCUT2D eigenvalue weighted by Gasteiger charge is 2.73. The van der Waals surface area contributed by atoms with Crippen molar-refractivity contribution in [3.05, 3.63) is 0 Å². The van der Waals surface area contributed by atoms with Crippen LogP contribution in [-0.4, -0.2) is 27.9 Å². The van der Waals surface area contributed by atoms with Crippen LogP contribution in [0.3, 0.4) is 0 Å². The van der Waals surface area contributed by atoms with Gasteiger partial charge in [0.15, 0.2) is 11.5 Å². The molecule has 1 N–H and O–H groups in total. The van der Waals surface area contributed by atoms with Crippen molar-refractivity contribution in [3.63, 3.8) is 0 Å². The summed E-state index contributed by atoms with van der Waals surface area (Å²) in [7, 11) is 0. The van der Waals surface area contributed by atoms with Crippen LogP contribution in [0.2, 0.25) is 0 Å². The predicted octanol–water partition coefficient (Wildman–Crippen LogP) is 3.62. The highest BCUT2D eigenvalue weighted by atomic mass is 19.1. The number of ketones is 2. The number of hydrogen-bond acceptors (Lipinski definition) is 3. The Kier molecular flexibility index (Phi) is 3.26. The van der Waals surface area contributed by atoms with Crippen molar-refractivity contribution in [2.24, 2.45) is 28.6 Å². The molecule has 4 heteroatoms. The van der Waals surface area contributed by atoms with Gasteiger partial charge in [0.2, 0.25) is 0 Å². The molecule has 4 fully saturated rings. The van der Waals surface area contributed by atoms with Gasteiger partial charge in [0.1, 0.15) is 5.78 Å². The Balaban J connectivity index is 1.79. The number of fused-ring (bicyclic) bond motifs is 5. The zero-order valence-corrected chi connectivity index (χ0v) is 15.0. The van der Waals surface area contributed by atoms with E-state index in [4.69, 9.17) is 0 Å². The first kappa shape index (κ1) is 16.7. The molecule has 0 heterocycles. The molecule has 3 nitrogen and oxygen atoms in total. The Bertz CT molecular complexity index is 614. The van der Waals surface area contributed by atoms with Crippen molar-refractivity contribution in [2.75, 3.05) is 0 Å². The predicted molar refractivity (Wildman–Crippen MR) is 88.1 cm³/mol. The molecule has 134 valence electrons. The lowest BCUT2D eigenvalue weighted by atomic mass is 9.42. The molecule has 4 rings (SSSR count). The first-order chi connectivity index (χ1) is 11.1. The molecule has 0 bridgehead atoms. The third-order valence-corrected chi connectivity index (χ3v) is 8.88. The van der Waals surface area contributed by atoms with Crippen molar-refractivity contribution in [1.29, 1.82) is 0 Å². The summed E-state index contributed by atoms with van der Waals surface area (Å²) in [5.74, 6) is -0.334. The molecule has 4 saturated carbocycles. The van der Waals surface area contributed by atoms with Gasteiger partial charge in [-0.05, 0) is 50.9 Å². The van der Waals surface area contributed by atoms with Crippen LogP contribution < -0.4 is 0 Å². The summed E-state index contributed by atoms with van der Waals surface area (Å²) in [4.78, 5) is 25.0. The van der Waals surface area contributed by atoms with E-state index in [9.17, 15) is 14.7 Å². The van der Waals surface area contributed by atoms with E-state index in [1.54, 1.807) is 0 Å².